The summed E-state index contributed by atoms with van der Waals surface area (Å²) in [5.74, 6) is 0. The Labute approximate surface area is 74.4 Å². The highest BCUT2D eigenvalue weighted by Crippen LogP contribution is 2.12. The molecule has 2 heterocycles. The monoisotopic (exact) mass is 176 g/mol. The van der Waals surface area contributed by atoms with Crippen molar-refractivity contribution < 1.29 is 0 Å². The summed E-state index contributed by atoms with van der Waals surface area (Å²) in [7, 11) is 5.36. The molecule has 4 nitrogen and oxygen atoms in total. The largest absolute Gasteiger partial charge is 0.243 e. The number of fused-ring (bicyclic) bond motifs is 1. The molecule has 2 rings (SSSR count). The van der Waals surface area contributed by atoms with Crippen LogP contribution in [0.3, 0.4) is 0 Å². The molecule has 0 saturated heterocycles. The SMILES string of the molecule is [B]c1nc(Cl)c2ncncc2n1. The number of hydrogen-bond acceptors (Lipinski definition) is 4. The van der Waals surface area contributed by atoms with Crippen LogP contribution in [0.25, 0.3) is 11.0 Å². The first-order valence-corrected chi connectivity index (χ1v) is 3.54. The molecule has 0 aliphatic heterocycles. The molecule has 2 aromatic heterocycles. The van der Waals surface area contributed by atoms with Gasteiger partial charge >= 0.3 is 0 Å². The van der Waals surface area contributed by atoms with E-state index >= 15 is 0 Å². The van der Waals surface area contributed by atoms with Crippen LogP contribution in [0.4, 0.5) is 0 Å². The molecule has 0 unspecified atom stereocenters. The van der Waals surface area contributed by atoms with Crippen molar-refractivity contribution in [3.05, 3.63) is 17.7 Å². The molecule has 2 radical (unpaired) electrons. The van der Waals surface area contributed by atoms with E-state index in [1.54, 1.807) is 0 Å². The van der Waals surface area contributed by atoms with Crippen molar-refractivity contribution in [2.24, 2.45) is 0 Å². The fraction of sp³-hybridized carbons (Fsp3) is 0. The van der Waals surface area contributed by atoms with Gasteiger partial charge in [-0.05, 0) is 0 Å². The Morgan fingerprint density at radius 1 is 1.33 bits per heavy atom. The van der Waals surface area contributed by atoms with Gasteiger partial charge in [-0.25, -0.2) is 19.9 Å². The average Bonchev–Trinajstić information content (AvgIpc) is 2.04. The molecule has 0 N–H and O–H groups in total. The van der Waals surface area contributed by atoms with Crippen LogP contribution in [0.1, 0.15) is 0 Å². The number of rotatable bonds is 0. The molecule has 0 bridgehead atoms. The molecule has 6 heteroatoms. The summed E-state index contributed by atoms with van der Waals surface area (Å²) in [6.45, 7) is 0. The molecular formula is C6H2BClN4. The quantitative estimate of drug-likeness (QED) is 0.414. The van der Waals surface area contributed by atoms with Crippen molar-refractivity contribution >= 4 is 36.2 Å². The number of hydrogen-bond donors (Lipinski definition) is 0. The zero-order chi connectivity index (χ0) is 8.55. The maximum absolute atomic E-state index is 5.74. The molecule has 0 aromatic carbocycles. The Hall–Kier alpha value is -1.23. The van der Waals surface area contributed by atoms with E-state index in [2.05, 4.69) is 19.9 Å². The Bertz CT molecular complexity index is 433. The second kappa shape index (κ2) is 2.67. The van der Waals surface area contributed by atoms with Gasteiger partial charge in [0.1, 0.15) is 17.4 Å². The van der Waals surface area contributed by atoms with Gasteiger partial charge in [-0.3, -0.25) is 0 Å². The van der Waals surface area contributed by atoms with Gasteiger partial charge in [0.15, 0.2) is 13.0 Å². The maximum Gasteiger partial charge on any atom is 0.170 e. The van der Waals surface area contributed by atoms with Crippen molar-refractivity contribution in [2.45, 2.75) is 0 Å². The van der Waals surface area contributed by atoms with Crippen LogP contribution in [0, 0.1) is 0 Å². The lowest BCUT2D eigenvalue weighted by Crippen LogP contribution is -2.13. The van der Waals surface area contributed by atoms with Crippen molar-refractivity contribution in [1.29, 1.82) is 0 Å². The third-order valence-corrected chi connectivity index (χ3v) is 1.60. The van der Waals surface area contributed by atoms with Gasteiger partial charge in [-0.2, -0.15) is 0 Å². The first-order chi connectivity index (χ1) is 5.77. The Morgan fingerprint density at radius 2 is 2.17 bits per heavy atom. The van der Waals surface area contributed by atoms with Crippen molar-refractivity contribution in [3.8, 4) is 0 Å². The number of halogens is 1. The Kier molecular flexibility index (Phi) is 1.66. The molecule has 2 aromatic rings. The lowest BCUT2D eigenvalue weighted by molar-refractivity contribution is 1.17. The fourth-order valence-corrected chi connectivity index (χ4v) is 1.10. The smallest absolute Gasteiger partial charge is 0.170 e. The van der Waals surface area contributed by atoms with E-state index < -0.39 is 0 Å². The summed E-state index contributed by atoms with van der Waals surface area (Å²) >= 11 is 5.74. The van der Waals surface area contributed by atoms with Gasteiger partial charge in [-0.1, -0.05) is 11.6 Å². The summed E-state index contributed by atoms with van der Waals surface area (Å²) in [6, 6.07) is 0. The zero-order valence-corrected chi connectivity index (χ0v) is 6.65. The standard InChI is InChI=1S/C6H2BClN4/c7-6-11-3-1-9-2-10-4(3)5(8)12-6/h1-2H. The summed E-state index contributed by atoms with van der Waals surface area (Å²) in [5.41, 5.74) is 1.19. The minimum Gasteiger partial charge on any atom is -0.243 e. The molecule has 0 fully saturated rings. The van der Waals surface area contributed by atoms with E-state index in [0.717, 1.165) is 0 Å². The average molecular weight is 176 g/mol. The molecule has 0 spiro atoms. The normalized spacial score (nSPS) is 10.4. The first-order valence-electron chi connectivity index (χ1n) is 3.16. The fourth-order valence-electron chi connectivity index (χ4n) is 0.865. The minimum absolute atomic E-state index is 0.127. The van der Waals surface area contributed by atoms with Crippen molar-refractivity contribution in [2.75, 3.05) is 0 Å². The van der Waals surface area contributed by atoms with E-state index in [-0.39, 0.29) is 10.9 Å². The Balaban J connectivity index is 2.89. The Morgan fingerprint density at radius 3 is 3.00 bits per heavy atom. The van der Waals surface area contributed by atoms with Gasteiger partial charge in [0.25, 0.3) is 0 Å². The highest BCUT2D eigenvalue weighted by Gasteiger charge is 2.02. The van der Waals surface area contributed by atoms with E-state index in [1.807, 2.05) is 0 Å². The van der Waals surface area contributed by atoms with E-state index in [0.29, 0.717) is 11.0 Å². The molecule has 0 saturated carbocycles. The predicted molar refractivity (Wildman–Crippen MR) is 45.5 cm³/mol. The lowest BCUT2D eigenvalue weighted by atomic mass is 10.1. The third-order valence-electron chi connectivity index (χ3n) is 1.34. The zero-order valence-electron chi connectivity index (χ0n) is 5.90. The summed E-state index contributed by atoms with van der Waals surface area (Å²) in [5, 5.41) is 0.250. The van der Waals surface area contributed by atoms with Gasteiger partial charge in [-0.15, -0.1) is 0 Å². The topological polar surface area (TPSA) is 51.6 Å². The van der Waals surface area contributed by atoms with Gasteiger partial charge < -0.3 is 0 Å². The molecule has 0 aliphatic carbocycles. The first kappa shape index (κ1) is 7.43. The number of nitrogens with zero attached hydrogens (tertiary/aromatic N) is 4. The minimum atomic E-state index is 0.127. The number of aromatic nitrogens is 4. The van der Waals surface area contributed by atoms with Crippen LogP contribution in [-0.4, -0.2) is 27.8 Å². The highest BCUT2D eigenvalue weighted by atomic mass is 35.5. The third kappa shape index (κ3) is 1.12. The molecule has 0 amide bonds. The molecule has 12 heavy (non-hydrogen) atoms. The van der Waals surface area contributed by atoms with Crippen LogP contribution in [0.5, 0.6) is 0 Å². The van der Waals surface area contributed by atoms with Crippen LogP contribution in [0.15, 0.2) is 12.5 Å². The molecular weight excluding hydrogens is 174 g/mol. The summed E-state index contributed by atoms with van der Waals surface area (Å²) in [6.07, 6.45) is 2.92. The van der Waals surface area contributed by atoms with Crippen molar-refractivity contribution in [3.63, 3.8) is 0 Å². The molecule has 56 valence electrons. The van der Waals surface area contributed by atoms with Gasteiger partial charge in [0.2, 0.25) is 0 Å². The molecule has 0 aliphatic rings. The lowest BCUT2D eigenvalue weighted by Gasteiger charge is -1.98. The van der Waals surface area contributed by atoms with E-state index in [9.17, 15) is 0 Å². The van der Waals surface area contributed by atoms with E-state index in [1.165, 1.54) is 12.5 Å². The van der Waals surface area contributed by atoms with Crippen LogP contribution in [0.2, 0.25) is 5.15 Å². The second-order valence-corrected chi connectivity index (χ2v) is 2.49. The predicted octanol–water partition coefficient (Wildman–Crippen LogP) is -0.133. The molecule has 0 atom stereocenters. The summed E-state index contributed by atoms with van der Waals surface area (Å²) < 4.78 is 0. The maximum atomic E-state index is 5.74. The summed E-state index contributed by atoms with van der Waals surface area (Å²) in [4.78, 5) is 15.3. The van der Waals surface area contributed by atoms with Gasteiger partial charge in [0, 0.05) is 0 Å². The van der Waals surface area contributed by atoms with E-state index in [4.69, 9.17) is 19.4 Å². The van der Waals surface area contributed by atoms with Gasteiger partial charge in [0.05, 0.1) is 11.9 Å². The highest BCUT2D eigenvalue weighted by molar-refractivity contribution is 6.35. The van der Waals surface area contributed by atoms with Crippen LogP contribution >= 0.6 is 11.6 Å². The van der Waals surface area contributed by atoms with Crippen molar-refractivity contribution in [1.82, 2.24) is 19.9 Å². The van der Waals surface area contributed by atoms with Crippen LogP contribution in [-0.2, 0) is 0 Å². The van der Waals surface area contributed by atoms with Crippen LogP contribution < -0.4 is 5.72 Å². The second-order valence-electron chi connectivity index (χ2n) is 2.13.